The van der Waals surface area contributed by atoms with Crippen LogP contribution < -0.4 is 5.32 Å². The van der Waals surface area contributed by atoms with Crippen LogP contribution in [0.3, 0.4) is 0 Å². The van der Waals surface area contributed by atoms with Crippen molar-refractivity contribution in [1.29, 1.82) is 0 Å². The number of para-hydroxylation sites is 1. The molecule has 0 aliphatic carbocycles. The van der Waals surface area contributed by atoms with Gasteiger partial charge in [0.15, 0.2) is 0 Å². The summed E-state index contributed by atoms with van der Waals surface area (Å²) < 4.78 is 11.1. The van der Waals surface area contributed by atoms with Gasteiger partial charge >= 0.3 is 0 Å². The third-order valence-corrected chi connectivity index (χ3v) is 4.13. The van der Waals surface area contributed by atoms with Crippen LogP contribution >= 0.6 is 0 Å². The van der Waals surface area contributed by atoms with Crippen LogP contribution in [0.5, 0.6) is 0 Å². The standard InChI is InChI=1S/C18H24N2O2/c1-14-4-2-5-16-17(6-9-20-18(14)16)19-8-3-10-21-12-15-7-11-22-13-15/h2,4-6,9,15H,3,7-8,10-13H2,1H3,(H,19,20). The van der Waals surface area contributed by atoms with E-state index in [0.717, 1.165) is 57.0 Å². The molecule has 0 radical (unpaired) electrons. The first-order valence-corrected chi connectivity index (χ1v) is 8.08. The molecule has 1 aromatic heterocycles. The number of nitrogens with zero attached hydrogens (tertiary/aromatic N) is 1. The summed E-state index contributed by atoms with van der Waals surface area (Å²) in [6.45, 7) is 6.39. The first-order valence-electron chi connectivity index (χ1n) is 8.08. The summed E-state index contributed by atoms with van der Waals surface area (Å²) >= 11 is 0. The zero-order valence-electron chi connectivity index (χ0n) is 13.2. The molecule has 4 nitrogen and oxygen atoms in total. The number of fused-ring (bicyclic) bond motifs is 1. The number of hydrogen-bond donors (Lipinski definition) is 1. The maximum Gasteiger partial charge on any atom is 0.0751 e. The molecule has 1 unspecified atom stereocenters. The van der Waals surface area contributed by atoms with E-state index in [9.17, 15) is 0 Å². The van der Waals surface area contributed by atoms with E-state index in [0.29, 0.717) is 5.92 Å². The minimum atomic E-state index is 0.597. The molecule has 1 saturated heterocycles. The van der Waals surface area contributed by atoms with Crippen molar-refractivity contribution in [2.24, 2.45) is 5.92 Å². The highest BCUT2D eigenvalue weighted by atomic mass is 16.5. The lowest BCUT2D eigenvalue weighted by atomic mass is 10.1. The van der Waals surface area contributed by atoms with Crippen molar-refractivity contribution in [2.45, 2.75) is 19.8 Å². The Bertz CT molecular complexity index is 609. The van der Waals surface area contributed by atoms with Crippen LogP contribution in [-0.2, 0) is 9.47 Å². The highest BCUT2D eigenvalue weighted by molar-refractivity contribution is 5.92. The van der Waals surface area contributed by atoms with Crippen molar-refractivity contribution in [3.8, 4) is 0 Å². The first-order chi connectivity index (χ1) is 10.8. The van der Waals surface area contributed by atoms with E-state index >= 15 is 0 Å². The summed E-state index contributed by atoms with van der Waals surface area (Å²) in [4.78, 5) is 4.47. The summed E-state index contributed by atoms with van der Waals surface area (Å²) in [5, 5.41) is 4.69. The molecule has 22 heavy (non-hydrogen) atoms. The van der Waals surface area contributed by atoms with Gasteiger partial charge in [-0.2, -0.15) is 0 Å². The van der Waals surface area contributed by atoms with Gasteiger partial charge in [0, 0.05) is 42.9 Å². The molecular weight excluding hydrogens is 276 g/mol. The van der Waals surface area contributed by atoms with Crippen LogP contribution in [0.25, 0.3) is 10.9 Å². The molecule has 3 rings (SSSR count). The van der Waals surface area contributed by atoms with Gasteiger partial charge in [0.25, 0.3) is 0 Å². The van der Waals surface area contributed by atoms with Crippen molar-refractivity contribution in [3.05, 3.63) is 36.0 Å². The molecule has 1 atom stereocenters. The fourth-order valence-corrected chi connectivity index (χ4v) is 2.84. The van der Waals surface area contributed by atoms with E-state index in [1.165, 1.54) is 10.9 Å². The van der Waals surface area contributed by atoms with Gasteiger partial charge in [0.1, 0.15) is 0 Å². The van der Waals surface area contributed by atoms with E-state index in [4.69, 9.17) is 9.47 Å². The summed E-state index contributed by atoms with van der Waals surface area (Å²) in [5.74, 6) is 0.597. The van der Waals surface area contributed by atoms with Gasteiger partial charge in [0.05, 0.1) is 18.7 Å². The van der Waals surface area contributed by atoms with E-state index in [-0.39, 0.29) is 0 Å². The number of rotatable bonds is 7. The normalized spacial score (nSPS) is 18.0. The molecule has 1 aliphatic heterocycles. The summed E-state index contributed by atoms with van der Waals surface area (Å²) in [6, 6.07) is 8.34. The highest BCUT2D eigenvalue weighted by Gasteiger charge is 2.15. The minimum Gasteiger partial charge on any atom is -0.384 e. The van der Waals surface area contributed by atoms with Gasteiger partial charge in [-0.1, -0.05) is 18.2 Å². The maximum atomic E-state index is 5.73. The smallest absolute Gasteiger partial charge is 0.0751 e. The van der Waals surface area contributed by atoms with Crippen molar-refractivity contribution in [1.82, 2.24) is 4.98 Å². The Kier molecular flexibility index (Phi) is 5.24. The third kappa shape index (κ3) is 3.76. The van der Waals surface area contributed by atoms with Crippen LogP contribution in [0.1, 0.15) is 18.4 Å². The van der Waals surface area contributed by atoms with Crippen molar-refractivity contribution >= 4 is 16.6 Å². The van der Waals surface area contributed by atoms with E-state index in [1.807, 2.05) is 12.3 Å². The number of ether oxygens (including phenoxy) is 2. The third-order valence-electron chi connectivity index (χ3n) is 4.13. The van der Waals surface area contributed by atoms with E-state index in [1.54, 1.807) is 0 Å². The lowest BCUT2D eigenvalue weighted by Crippen LogP contribution is -2.12. The lowest BCUT2D eigenvalue weighted by Gasteiger charge is -2.11. The number of hydrogen-bond acceptors (Lipinski definition) is 4. The summed E-state index contributed by atoms with van der Waals surface area (Å²) in [6.07, 6.45) is 4.01. The minimum absolute atomic E-state index is 0.597. The molecule has 2 aromatic rings. The van der Waals surface area contributed by atoms with Crippen LogP contribution in [0.2, 0.25) is 0 Å². The zero-order valence-corrected chi connectivity index (χ0v) is 13.2. The molecule has 1 aromatic carbocycles. The maximum absolute atomic E-state index is 5.73. The average Bonchev–Trinajstić information content (AvgIpc) is 3.05. The van der Waals surface area contributed by atoms with Gasteiger partial charge in [-0.15, -0.1) is 0 Å². The largest absolute Gasteiger partial charge is 0.384 e. The molecule has 1 fully saturated rings. The van der Waals surface area contributed by atoms with Crippen LogP contribution in [0.15, 0.2) is 30.5 Å². The quantitative estimate of drug-likeness (QED) is 0.796. The molecule has 0 amide bonds. The number of pyridine rings is 1. The molecule has 0 bridgehead atoms. The molecule has 1 aliphatic rings. The number of aryl methyl sites for hydroxylation is 1. The molecule has 0 spiro atoms. The molecule has 0 saturated carbocycles. The van der Waals surface area contributed by atoms with Gasteiger partial charge in [-0.05, 0) is 31.4 Å². The second-order valence-corrected chi connectivity index (χ2v) is 5.91. The number of aromatic nitrogens is 1. The topological polar surface area (TPSA) is 43.4 Å². The SMILES string of the molecule is Cc1cccc2c(NCCCOCC3CCOC3)ccnc12. The number of anilines is 1. The number of nitrogens with one attached hydrogen (secondary N) is 1. The van der Waals surface area contributed by atoms with Gasteiger partial charge in [-0.25, -0.2) is 0 Å². The first kappa shape index (κ1) is 15.3. The van der Waals surface area contributed by atoms with Crippen molar-refractivity contribution in [3.63, 3.8) is 0 Å². The second kappa shape index (κ2) is 7.56. The highest BCUT2D eigenvalue weighted by Crippen LogP contribution is 2.23. The van der Waals surface area contributed by atoms with E-state index < -0.39 is 0 Å². The molecular formula is C18H24N2O2. The Balaban J connectivity index is 1.44. The molecule has 1 N–H and O–H groups in total. The fraction of sp³-hybridized carbons (Fsp3) is 0.500. The monoisotopic (exact) mass is 300 g/mol. The Hall–Kier alpha value is -1.65. The molecule has 4 heteroatoms. The Morgan fingerprint density at radius 3 is 3.18 bits per heavy atom. The van der Waals surface area contributed by atoms with E-state index in [2.05, 4.69) is 35.4 Å². The lowest BCUT2D eigenvalue weighted by molar-refractivity contribution is 0.0897. The molecule has 118 valence electrons. The summed E-state index contributed by atoms with van der Waals surface area (Å²) in [5.41, 5.74) is 3.44. The Morgan fingerprint density at radius 2 is 2.32 bits per heavy atom. The Morgan fingerprint density at radius 1 is 1.36 bits per heavy atom. The van der Waals surface area contributed by atoms with Gasteiger partial charge < -0.3 is 14.8 Å². The summed E-state index contributed by atoms with van der Waals surface area (Å²) in [7, 11) is 0. The van der Waals surface area contributed by atoms with Crippen LogP contribution in [0.4, 0.5) is 5.69 Å². The zero-order chi connectivity index (χ0) is 15.2. The predicted molar refractivity (Wildman–Crippen MR) is 89.3 cm³/mol. The van der Waals surface area contributed by atoms with Crippen molar-refractivity contribution < 1.29 is 9.47 Å². The average molecular weight is 300 g/mol. The van der Waals surface area contributed by atoms with Crippen LogP contribution in [0, 0.1) is 12.8 Å². The predicted octanol–water partition coefficient (Wildman–Crippen LogP) is 3.40. The van der Waals surface area contributed by atoms with Gasteiger partial charge in [0.2, 0.25) is 0 Å². The fourth-order valence-electron chi connectivity index (χ4n) is 2.84. The van der Waals surface area contributed by atoms with Crippen molar-refractivity contribution in [2.75, 3.05) is 38.3 Å². The number of benzene rings is 1. The van der Waals surface area contributed by atoms with Crippen LogP contribution in [-0.4, -0.2) is 38.0 Å². The van der Waals surface area contributed by atoms with Gasteiger partial charge in [-0.3, -0.25) is 4.98 Å². The second-order valence-electron chi connectivity index (χ2n) is 5.91. The Labute approximate surface area is 131 Å². The molecule has 2 heterocycles.